The van der Waals surface area contributed by atoms with Crippen molar-refractivity contribution in [2.75, 3.05) is 11.9 Å². The number of hydrogen-bond donors (Lipinski definition) is 3. The molecule has 0 radical (unpaired) electrons. The van der Waals surface area contributed by atoms with Gasteiger partial charge in [0, 0.05) is 12.6 Å². The van der Waals surface area contributed by atoms with Gasteiger partial charge in [0.1, 0.15) is 4.90 Å². The standard InChI is InChI=1S/C18H22N2O4S/c1-3-11-19-25(23,24)17-12-15(18(21)22)9-10-16(17)20-13(2)14-7-5-4-6-8-14/h4-10,12-13,19-20H,3,11H2,1-2H3,(H,21,22)/t13-/m0/s1. The number of nitrogens with one attached hydrogen (secondary N) is 2. The Bertz CT molecular complexity index is 835. The van der Waals surface area contributed by atoms with Crippen LogP contribution in [0.15, 0.2) is 53.4 Å². The fourth-order valence-corrected chi connectivity index (χ4v) is 3.70. The minimum atomic E-state index is -3.81. The van der Waals surface area contributed by atoms with Crippen LogP contribution < -0.4 is 10.0 Å². The van der Waals surface area contributed by atoms with E-state index in [4.69, 9.17) is 5.11 Å². The zero-order valence-corrected chi connectivity index (χ0v) is 15.0. The molecular formula is C18H22N2O4S. The summed E-state index contributed by atoms with van der Waals surface area (Å²) < 4.78 is 27.6. The van der Waals surface area contributed by atoms with Gasteiger partial charge in [-0.1, -0.05) is 37.3 Å². The van der Waals surface area contributed by atoms with E-state index in [1.807, 2.05) is 44.2 Å². The molecule has 134 valence electrons. The Balaban J connectivity index is 2.41. The van der Waals surface area contributed by atoms with Gasteiger partial charge in [-0.05, 0) is 37.1 Å². The van der Waals surface area contributed by atoms with Crippen LogP contribution >= 0.6 is 0 Å². The first kappa shape index (κ1) is 19.0. The van der Waals surface area contributed by atoms with Crippen molar-refractivity contribution in [3.05, 3.63) is 59.7 Å². The molecule has 2 aromatic carbocycles. The van der Waals surface area contributed by atoms with Crippen molar-refractivity contribution in [3.63, 3.8) is 0 Å². The molecule has 0 heterocycles. The number of aromatic carboxylic acids is 1. The molecule has 1 atom stereocenters. The summed E-state index contributed by atoms with van der Waals surface area (Å²) in [6.07, 6.45) is 0.640. The summed E-state index contributed by atoms with van der Waals surface area (Å²) in [4.78, 5) is 11.1. The number of carboxylic acids is 1. The van der Waals surface area contributed by atoms with Crippen LogP contribution in [0.4, 0.5) is 5.69 Å². The monoisotopic (exact) mass is 362 g/mol. The Hall–Kier alpha value is -2.38. The molecular weight excluding hydrogens is 340 g/mol. The summed E-state index contributed by atoms with van der Waals surface area (Å²) >= 11 is 0. The van der Waals surface area contributed by atoms with E-state index in [0.29, 0.717) is 12.1 Å². The predicted octanol–water partition coefficient (Wildman–Crippen LogP) is 3.25. The zero-order chi connectivity index (χ0) is 18.4. The van der Waals surface area contributed by atoms with Gasteiger partial charge in [0.05, 0.1) is 11.3 Å². The molecule has 2 aromatic rings. The van der Waals surface area contributed by atoms with Crippen molar-refractivity contribution in [3.8, 4) is 0 Å². The van der Waals surface area contributed by atoms with E-state index in [2.05, 4.69) is 10.0 Å². The number of rotatable bonds is 8. The van der Waals surface area contributed by atoms with E-state index in [0.717, 1.165) is 5.56 Å². The van der Waals surface area contributed by atoms with Crippen LogP contribution in [0.1, 0.15) is 42.2 Å². The molecule has 0 aromatic heterocycles. The Morgan fingerprint density at radius 1 is 1.16 bits per heavy atom. The number of carboxylic acid groups (broad SMARTS) is 1. The van der Waals surface area contributed by atoms with Gasteiger partial charge in [-0.3, -0.25) is 0 Å². The number of sulfonamides is 1. The van der Waals surface area contributed by atoms with Gasteiger partial charge in [0.2, 0.25) is 10.0 Å². The van der Waals surface area contributed by atoms with Crippen molar-refractivity contribution in [1.82, 2.24) is 4.72 Å². The molecule has 0 aliphatic carbocycles. The number of hydrogen-bond acceptors (Lipinski definition) is 4. The first-order valence-corrected chi connectivity index (χ1v) is 9.52. The van der Waals surface area contributed by atoms with Crippen LogP contribution in [0.2, 0.25) is 0 Å². The fraction of sp³-hybridized carbons (Fsp3) is 0.278. The first-order chi connectivity index (χ1) is 11.8. The SMILES string of the molecule is CCCNS(=O)(=O)c1cc(C(=O)O)ccc1N[C@@H](C)c1ccccc1. The molecule has 0 aliphatic rings. The topological polar surface area (TPSA) is 95.5 Å². The molecule has 0 saturated carbocycles. The van der Waals surface area contributed by atoms with Crippen LogP contribution in [0, 0.1) is 0 Å². The van der Waals surface area contributed by atoms with E-state index in [9.17, 15) is 13.2 Å². The fourth-order valence-electron chi connectivity index (χ4n) is 2.37. The summed E-state index contributed by atoms with van der Waals surface area (Å²) in [5.74, 6) is -1.17. The van der Waals surface area contributed by atoms with Gasteiger partial charge in [-0.2, -0.15) is 0 Å². The van der Waals surface area contributed by atoms with Gasteiger partial charge in [0.25, 0.3) is 0 Å². The second-order valence-electron chi connectivity index (χ2n) is 5.69. The van der Waals surface area contributed by atoms with Gasteiger partial charge < -0.3 is 10.4 Å². The average Bonchev–Trinajstić information content (AvgIpc) is 2.60. The van der Waals surface area contributed by atoms with Crippen LogP contribution in [0.5, 0.6) is 0 Å². The number of benzene rings is 2. The minimum Gasteiger partial charge on any atom is -0.478 e. The van der Waals surface area contributed by atoms with Crippen molar-refractivity contribution < 1.29 is 18.3 Å². The van der Waals surface area contributed by atoms with Crippen molar-refractivity contribution in [1.29, 1.82) is 0 Å². The molecule has 0 saturated heterocycles. The summed E-state index contributed by atoms with van der Waals surface area (Å²) in [6, 6.07) is 13.5. The lowest BCUT2D eigenvalue weighted by Crippen LogP contribution is -2.26. The maximum Gasteiger partial charge on any atom is 0.335 e. The van der Waals surface area contributed by atoms with E-state index in [-0.39, 0.29) is 23.0 Å². The van der Waals surface area contributed by atoms with Crippen LogP contribution in [0.25, 0.3) is 0 Å². The van der Waals surface area contributed by atoms with Gasteiger partial charge in [-0.25, -0.2) is 17.9 Å². The highest BCUT2D eigenvalue weighted by Crippen LogP contribution is 2.27. The Morgan fingerprint density at radius 2 is 1.84 bits per heavy atom. The molecule has 0 aliphatic heterocycles. The van der Waals surface area contributed by atoms with Crippen LogP contribution in [-0.2, 0) is 10.0 Å². The summed E-state index contributed by atoms with van der Waals surface area (Å²) in [5.41, 5.74) is 1.29. The lowest BCUT2D eigenvalue weighted by atomic mass is 10.1. The van der Waals surface area contributed by atoms with E-state index in [1.54, 1.807) is 0 Å². The highest BCUT2D eigenvalue weighted by Gasteiger charge is 2.21. The Kier molecular flexibility index (Phi) is 6.17. The van der Waals surface area contributed by atoms with Gasteiger partial charge in [0.15, 0.2) is 0 Å². The molecule has 3 N–H and O–H groups in total. The Labute approximate surface area is 147 Å². The quantitative estimate of drug-likeness (QED) is 0.670. The average molecular weight is 362 g/mol. The molecule has 0 amide bonds. The third kappa shape index (κ3) is 4.80. The van der Waals surface area contributed by atoms with Gasteiger partial charge in [-0.15, -0.1) is 0 Å². The maximum atomic E-state index is 12.6. The normalized spacial score (nSPS) is 12.6. The number of anilines is 1. The van der Waals surface area contributed by atoms with Crippen molar-refractivity contribution in [2.45, 2.75) is 31.2 Å². The first-order valence-electron chi connectivity index (χ1n) is 8.03. The number of carbonyl (C=O) groups is 1. The largest absolute Gasteiger partial charge is 0.478 e. The maximum absolute atomic E-state index is 12.6. The molecule has 25 heavy (non-hydrogen) atoms. The second kappa shape index (κ2) is 8.13. The highest BCUT2D eigenvalue weighted by molar-refractivity contribution is 7.89. The molecule has 0 unspecified atom stereocenters. The van der Waals surface area contributed by atoms with Crippen molar-refractivity contribution >= 4 is 21.7 Å². The highest BCUT2D eigenvalue weighted by atomic mass is 32.2. The third-order valence-corrected chi connectivity index (χ3v) is 5.23. The summed E-state index contributed by atoms with van der Waals surface area (Å²) in [7, 11) is -3.81. The Morgan fingerprint density at radius 3 is 2.44 bits per heavy atom. The van der Waals surface area contributed by atoms with Gasteiger partial charge >= 0.3 is 5.97 Å². The smallest absolute Gasteiger partial charge is 0.335 e. The third-order valence-electron chi connectivity index (χ3n) is 3.73. The predicted molar refractivity (Wildman–Crippen MR) is 97.4 cm³/mol. The van der Waals surface area contributed by atoms with Crippen molar-refractivity contribution in [2.24, 2.45) is 0 Å². The minimum absolute atomic E-state index is 0.0661. The van der Waals surface area contributed by atoms with E-state index in [1.165, 1.54) is 18.2 Å². The summed E-state index contributed by atoms with van der Waals surface area (Å²) in [6.45, 7) is 4.05. The van der Waals surface area contributed by atoms with E-state index < -0.39 is 16.0 Å². The molecule has 2 rings (SSSR count). The second-order valence-corrected chi connectivity index (χ2v) is 7.43. The lowest BCUT2D eigenvalue weighted by molar-refractivity contribution is 0.0696. The molecule has 0 spiro atoms. The van der Waals surface area contributed by atoms with Crippen LogP contribution in [-0.4, -0.2) is 26.0 Å². The molecule has 0 fully saturated rings. The van der Waals surface area contributed by atoms with E-state index >= 15 is 0 Å². The van der Waals surface area contributed by atoms with Crippen LogP contribution in [0.3, 0.4) is 0 Å². The molecule has 6 nitrogen and oxygen atoms in total. The summed E-state index contributed by atoms with van der Waals surface area (Å²) in [5, 5.41) is 12.3. The zero-order valence-electron chi connectivity index (χ0n) is 14.2. The molecule has 7 heteroatoms. The lowest BCUT2D eigenvalue weighted by Gasteiger charge is -2.19. The molecule has 0 bridgehead atoms.